The molecule has 40 heavy (non-hydrogen) atoms. The normalized spacial score (nSPS) is 42.3. The zero-order valence-corrected chi connectivity index (χ0v) is 26.9. The summed E-state index contributed by atoms with van der Waals surface area (Å²) in [7, 11) is -3.21. The van der Waals surface area contributed by atoms with Gasteiger partial charge < -0.3 is 15.4 Å². The molecule has 6 nitrogen and oxygen atoms in total. The first-order valence-corrected chi connectivity index (χ1v) is 18.4. The second kappa shape index (κ2) is 11.3. The van der Waals surface area contributed by atoms with Crippen LogP contribution < -0.4 is 5.32 Å². The number of aliphatic hydroxyl groups is 1. The van der Waals surface area contributed by atoms with Crippen molar-refractivity contribution in [2.45, 2.75) is 129 Å². The third kappa shape index (κ3) is 5.34. The van der Waals surface area contributed by atoms with Crippen molar-refractivity contribution >= 4 is 9.84 Å². The van der Waals surface area contributed by atoms with Gasteiger partial charge in [0.05, 0.1) is 22.9 Å². The maximum absolute atomic E-state index is 12.7. The first kappa shape index (κ1) is 30.5. The van der Waals surface area contributed by atoms with Crippen LogP contribution in [0, 0.1) is 46.3 Å². The lowest BCUT2D eigenvalue weighted by Gasteiger charge is -2.66. The summed E-state index contributed by atoms with van der Waals surface area (Å²) in [5, 5.41) is 16.0. The highest BCUT2D eigenvalue weighted by atomic mass is 32.2. The number of rotatable bonds is 10. The van der Waals surface area contributed by atoms with E-state index in [0.717, 1.165) is 49.3 Å². The number of nitrogens with one attached hydrogen (secondary N) is 2. The molecule has 0 spiro atoms. The van der Waals surface area contributed by atoms with Gasteiger partial charge in [0.2, 0.25) is 0 Å². The molecule has 4 saturated carbocycles. The molecule has 10 atom stereocenters. The summed E-state index contributed by atoms with van der Waals surface area (Å²) in [5.74, 6) is 4.12. The molecular formula is C33H57N3O3S. The van der Waals surface area contributed by atoms with E-state index in [9.17, 15) is 13.5 Å². The molecule has 3 N–H and O–H groups in total. The fraction of sp³-hybridized carbons (Fsp3) is 0.909. The van der Waals surface area contributed by atoms with Crippen LogP contribution in [0.25, 0.3) is 0 Å². The van der Waals surface area contributed by atoms with E-state index >= 15 is 0 Å². The molecule has 1 heterocycles. The number of sulfone groups is 1. The van der Waals surface area contributed by atoms with Gasteiger partial charge in [0.15, 0.2) is 0 Å². The average Bonchev–Trinajstić information content (AvgIpc) is 3.51. The van der Waals surface area contributed by atoms with Crippen molar-refractivity contribution in [2.24, 2.45) is 46.3 Å². The molecule has 4 fully saturated rings. The van der Waals surface area contributed by atoms with Gasteiger partial charge in [0.1, 0.15) is 9.84 Å². The summed E-state index contributed by atoms with van der Waals surface area (Å²) in [4.78, 5) is 7.43. The van der Waals surface area contributed by atoms with Crippen LogP contribution in [-0.4, -0.2) is 53.2 Å². The van der Waals surface area contributed by atoms with Crippen molar-refractivity contribution in [1.29, 1.82) is 0 Å². The van der Waals surface area contributed by atoms with Gasteiger partial charge in [-0.2, -0.15) is 0 Å². The monoisotopic (exact) mass is 575 g/mol. The largest absolute Gasteiger partial charge is 0.388 e. The highest BCUT2D eigenvalue weighted by molar-refractivity contribution is 7.91. The molecule has 1 aromatic heterocycles. The average molecular weight is 576 g/mol. The Bertz CT molecular complexity index is 1110. The zero-order valence-electron chi connectivity index (χ0n) is 26.1. The molecule has 4 aliphatic rings. The van der Waals surface area contributed by atoms with E-state index in [1.165, 1.54) is 51.2 Å². The van der Waals surface area contributed by atoms with Crippen molar-refractivity contribution in [3.05, 3.63) is 18.2 Å². The molecular weight excluding hydrogens is 518 g/mol. The molecule has 7 heteroatoms. The minimum atomic E-state index is -3.21. The van der Waals surface area contributed by atoms with E-state index in [-0.39, 0.29) is 11.5 Å². The molecule has 228 valence electrons. The Balaban J connectivity index is 1.39. The van der Waals surface area contributed by atoms with Gasteiger partial charge in [0.25, 0.3) is 0 Å². The van der Waals surface area contributed by atoms with E-state index in [1.54, 1.807) is 6.33 Å². The molecule has 1 aromatic rings. The Morgan fingerprint density at radius 2 is 1.88 bits per heavy atom. The summed E-state index contributed by atoms with van der Waals surface area (Å²) < 4.78 is 25.5. The number of hydrogen-bond acceptors (Lipinski definition) is 5. The summed E-state index contributed by atoms with van der Waals surface area (Å²) in [6.07, 6.45) is 17.7. The van der Waals surface area contributed by atoms with Crippen LogP contribution in [0.5, 0.6) is 0 Å². The number of nitrogens with zero attached hydrogens (tertiary/aromatic N) is 1. The van der Waals surface area contributed by atoms with Crippen LogP contribution in [0.15, 0.2) is 12.5 Å². The Morgan fingerprint density at radius 3 is 2.55 bits per heavy atom. The van der Waals surface area contributed by atoms with Gasteiger partial charge in [-0.1, -0.05) is 53.9 Å². The van der Waals surface area contributed by atoms with E-state index in [2.05, 4.69) is 49.9 Å². The van der Waals surface area contributed by atoms with Crippen molar-refractivity contribution in [1.82, 2.24) is 15.3 Å². The van der Waals surface area contributed by atoms with Crippen molar-refractivity contribution in [2.75, 3.05) is 12.8 Å². The molecule has 0 aliphatic heterocycles. The van der Waals surface area contributed by atoms with Crippen LogP contribution in [0.1, 0.15) is 111 Å². The third-order valence-electron chi connectivity index (χ3n) is 13.0. The lowest BCUT2D eigenvalue weighted by Crippen LogP contribution is -2.72. The number of aromatic nitrogens is 2. The molecule has 0 bridgehead atoms. The third-order valence-corrected chi connectivity index (χ3v) is 14.6. The summed E-state index contributed by atoms with van der Waals surface area (Å²) >= 11 is 0. The molecule has 0 amide bonds. The first-order chi connectivity index (χ1) is 18.8. The molecule has 4 aliphatic carbocycles. The minimum Gasteiger partial charge on any atom is -0.388 e. The van der Waals surface area contributed by atoms with Crippen LogP contribution in [0.2, 0.25) is 0 Å². The lowest BCUT2D eigenvalue weighted by atomic mass is 9.42. The highest BCUT2D eigenvalue weighted by Gasteiger charge is 2.68. The van der Waals surface area contributed by atoms with Crippen LogP contribution >= 0.6 is 0 Å². The quantitative estimate of drug-likeness (QED) is 0.310. The number of aromatic amines is 1. The Kier molecular flexibility index (Phi) is 8.62. The van der Waals surface area contributed by atoms with Crippen LogP contribution in [0.4, 0.5) is 0 Å². The standard InChI is InChI=1S/C33H57N3O3S/c1-22(2)8-7-9-23(3)27-10-11-28-26-18-30(35-17-14-24-20-34-21-36-24)33(37)19-25(40(6,38)39)12-16-32(33,5)29(26)13-15-31(27,28)4/h20-23,25-30,35,37H,7-19H2,1-6H3,(H,34,36)/t23-,25+,26+,27-,28+,29+,30-,31-,32-,33+/m1/s1. The van der Waals surface area contributed by atoms with Crippen molar-refractivity contribution in [3.63, 3.8) is 0 Å². The van der Waals surface area contributed by atoms with Crippen LogP contribution in [0.3, 0.4) is 0 Å². The number of imidazole rings is 1. The summed E-state index contributed by atoms with van der Waals surface area (Å²) in [6.45, 7) is 12.9. The summed E-state index contributed by atoms with van der Waals surface area (Å²) in [5.41, 5.74) is 0.127. The number of hydrogen-bond donors (Lipinski definition) is 3. The van der Waals surface area contributed by atoms with E-state index < -0.39 is 20.7 Å². The summed E-state index contributed by atoms with van der Waals surface area (Å²) in [6, 6.07) is -0.0906. The Labute approximate surface area is 244 Å². The molecule has 0 aromatic carbocycles. The number of fused-ring (bicyclic) bond motifs is 5. The second-order valence-electron chi connectivity index (χ2n) is 15.5. The van der Waals surface area contributed by atoms with Crippen LogP contribution in [-0.2, 0) is 16.3 Å². The maximum Gasteiger partial charge on any atom is 0.150 e. The molecule has 0 radical (unpaired) electrons. The minimum absolute atomic E-state index is 0.0906. The fourth-order valence-electron chi connectivity index (χ4n) is 10.7. The molecule has 5 rings (SSSR count). The fourth-order valence-corrected chi connectivity index (χ4v) is 11.8. The van der Waals surface area contributed by atoms with Gasteiger partial charge >= 0.3 is 0 Å². The van der Waals surface area contributed by atoms with Crippen molar-refractivity contribution < 1.29 is 13.5 Å². The zero-order chi connectivity index (χ0) is 28.9. The predicted octanol–water partition coefficient (Wildman–Crippen LogP) is 6.17. The van der Waals surface area contributed by atoms with E-state index in [4.69, 9.17) is 0 Å². The van der Waals surface area contributed by atoms with Crippen molar-refractivity contribution in [3.8, 4) is 0 Å². The molecule has 0 saturated heterocycles. The Morgan fingerprint density at radius 1 is 1.10 bits per heavy atom. The van der Waals surface area contributed by atoms with E-state index in [1.807, 2.05) is 6.20 Å². The van der Waals surface area contributed by atoms with Gasteiger partial charge in [-0.05, 0) is 92.3 Å². The predicted molar refractivity (Wildman–Crippen MR) is 163 cm³/mol. The number of H-pyrrole nitrogens is 1. The van der Waals surface area contributed by atoms with E-state index in [0.29, 0.717) is 36.0 Å². The van der Waals surface area contributed by atoms with Gasteiger partial charge in [-0.3, -0.25) is 0 Å². The smallest absolute Gasteiger partial charge is 0.150 e. The lowest BCUT2D eigenvalue weighted by molar-refractivity contribution is -0.219. The van der Waals surface area contributed by atoms with Gasteiger partial charge in [-0.15, -0.1) is 0 Å². The maximum atomic E-state index is 12.7. The van der Waals surface area contributed by atoms with Gasteiger partial charge in [-0.25, -0.2) is 13.4 Å². The first-order valence-electron chi connectivity index (χ1n) is 16.4. The van der Waals surface area contributed by atoms with Gasteiger partial charge in [0, 0.05) is 36.9 Å². The molecule has 0 unspecified atom stereocenters. The Hall–Kier alpha value is -0.920. The highest BCUT2D eigenvalue weighted by Crippen LogP contribution is 2.69. The topological polar surface area (TPSA) is 95.1 Å². The second-order valence-corrected chi connectivity index (χ2v) is 17.8. The SMILES string of the molecule is CC(C)CCC[C@@H](C)[C@H]1CC[C@H]2[C@@H]3C[C@@H](NCCc4c[nH]cn4)[C@@]4(O)C[C@@H](S(C)(=O)=O)CC[C@]4(C)[C@H]3CC[C@]12C.